The highest BCUT2D eigenvalue weighted by Crippen LogP contribution is 2.08. The summed E-state index contributed by atoms with van der Waals surface area (Å²) in [5.41, 5.74) is 2.70. The highest BCUT2D eigenvalue weighted by molar-refractivity contribution is 14.0. The van der Waals surface area contributed by atoms with Crippen LogP contribution in [0.2, 0.25) is 0 Å². The summed E-state index contributed by atoms with van der Waals surface area (Å²) in [5.74, 6) is 0.839. The van der Waals surface area contributed by atoms with Gasteiger partial charge in [-0.2, -0.15) is 0 Å². The van der Waals surface area contributed by atoms with Crippen molar-refractivity contribution in [1.29, 1.82) is 0 Å². The smallest absolute Gasteiger partial charge is 0.191 e. The molecule has 1 aromatic carbocycles. The zero-order valence-electron chi connectivity index (χ0n) is 14.8. The van der Waals surface area contributed by atoms with Crippen LogP contribution in [-0.2, 0) is 17.7 Å². The molecule has 5 nitrogen and oxygen atoms in total. The zero-order chi connectivity index (χ0) is 16.2. The molecular formula is C17H31IN4O. The molecule has 0 aliphatic carbocycles. The summed E-state index contributed by atoms with van der Waals surface area (Å²) in [6.07, 6.45) is 1.05. The molecule has 0 bridgehead atoms. The second-order valence-corrected chi connectivity index (χ2v) is 5.27. The molecule has 132 valence electrons. The van der Waals surface area contributed by atoms with Gasteiger partial charge in [-0.3, -0.25) is 4.99 Å². The monoisotopic (exact) mass is 434 g/mol. The van der Waals surface area contributed by atoms with E-state index in [0.29, 0.717) is 0 Å². The number of guanidine groups is 1. The van der Waals surface area contributed by atoms with Crippen molar-refractivity contribution in [2.24, 2.45) is 4.99 Å². The van der Waals surface area contributed by atoms with Crippen LogP contribution in [0.5, 0.6) is 0 Å². The number of nitrogens with one attached hydrogen (secondary N) is 2. The van der Waals surface area contributed by atoms with Crippen molar-refractivity contribution in [3.05, 3.63) is 35.4 Å². The molecule has 0 saturated heterocycles. The second-order valence-electron chi connectivity index (χ2n) is 5.27. The first-order valence-electron chi connectivity index (χ1n) is 7.90. The Bertz CT molecular complexity index is 454. The first kappa shape index (κ1) is 22.1. The number of ether oxygens (including phenoxy) is 1. The number of aryl methyl sites for hydroxylation is 1. The summed E-state index contributed by atoms with van der Waals surface area (Å²) in [6.45, 7) is 6.49. The highest BCUT2D eigenvalue weighted by Gasteiger charge is 2.03. The molecule has 1 aromatic rings. The van der Waals surface area contributed by atoms with Crippen LogP contribution in [0.1, 0.15) is 18.1 Å². The molecule has 0 aromatic heterocycles. The van der Waals surface area contributed by atoms with E-state index in [9.17, 15) is 0 Å². The molecule has 0 atom stereocenters. The van der Waals surface area contributed by atoms with Gasteiger partial charge in [0.05, 0.1) is 6.61 Å². The van der Waals surface area contributed by atoms with E-state index in [4.69, 9.17) is 4.74 Å². The van der Waals surface area contributed by atoms with Crippen LogP contribution in [-0.4, -0.2) is 58.3 Å². The van der Waals surface area contributed by atoms with E-state index in [1.807, 2.05) is 0 Å². The second kappa shape index (κ2) is 13.6. The Hall–Kier alpha value is -0.860. The Labute approximate surface area is 157 Å². The van der Waals surface area contributed by atoms with E-state index in [-0.39, 0.29) is 24.0 Å². The lowest BCUT2D eigenvalue weighted by Gasteiger charge is -2.18. The van der Waals surface area contributed by atoms with Crippen LogP contribution >= 0.6 is 24.0 Å². The van der Waals surface area contributed by atoms with Crippen LogP contribution in [0.15, 0.2) is 29.3 Å². The summed E-state index contributed by atoms with van der Waals surface area (Å²) in [7, 11) is 5.62. The first-order valence-corrected chi connectivity index (χ1v) is 7.90. The minimum atomic E-state index is 0. The minimum absolute atomic E-state index is 0. The van der Waals surface area contributed by atoms with E-state index in [2.05, 4.69) is 58.8 Å². The molecule has 0 heterocycles. The van der Waals surface area contributed by atoms with E-state index in [0.717, 1.165) is 45.2 Å². The first-order chi connectivity index (χ1) is 10.7. The van der Waals surface area contributed by atoms with Crippen molar-refractivity contribution >= 4 is 29.9 Å². The van der Waals surface area contributed by atoms with E-state index < -0.39 is 0 Å². The maximum atomic E-state index is 5.07. The molecule has 0 unspecified atom stereocenters. The third-order valence-corrected chi connectivity index (χ3v) is 3.63. The van der Waals surface area contributed by atoms with Gasteiger partial charge in [-0.25, -0.2) is 0 Å². The van der Waals surface area contributed by atoms with Gasteiger partial charge in [0.15, 0.2) is 5.96 Å². The van der Waals surface area contributed by atoms with Crippen molar-refractivity contribution in [2.45, 2.75) is 19.9 Å². The Morgan fingerprint density at radius 1 is 1.17 bits per heavy atom. The summed E-state index contributed by atoms with van der Waals surface area (Å²) < 4.78 is 5.07. The van der Waals surface area contributed by atoms with E-state index >= 15 is 0 Å². The molecular weight excluding hydrogens is 403 g/mol. The number of benzene rings is 1. The molecule has 6 heteroatoms. The summed E-state index contributed by atoms with van der Waals surface area (Å²) >= 11 is 0. The topological polar surface area (TPSA) is 48.9 Å². The number of hydrogen-bond acceptors (Lipinski definition) is 3. The van der Waals surface area contributed by atoms with Crippen molar-refractivity contribution < 1.29 is 4.74 Å². The fourth-order valence-corrected chi connectivity index (χ4v) is 2.20. The number of rotatable bonds is 9. The lowest BCUT2D eigenvalue weighted by Crippen LogP contribution is -2.41. The molecule has 2 N–H and O–H groups in total. The van der Waals surface area contributed by atoms with Crippen LogP contribution < -0.4 is 10.6 Å². The molecule has 0 aliphatic rings. The van der Waals surface area contributed by atoms with Crippen molar-refractivity contribution in [3.8, 4) is 0 Å². The number of nitrogens with zero attached hydrogens (tertiary/aromatic N) is 2. The highest BCUT2D eigenvalue weighted by atomic mass is 127. The Morgan fingerprint density at radius 3 is 2.48 bits per heavy atom. The van der Waals surface area contributed by atoms with Gasteiger partial charge in [0.25, 0.3) is 0 Å². The normalized spacial score (nSPS) is 11.3. The lowest BCUT2D eigenvalue weighted by atomic mass is 10.1. The number of halogens is 1. The van der Waals surface area contributed by atoms with Crippen molar-refractivity contribution in [1.82, 2.24) is 15.5 Å². The number of hydrogen-bond donors (Lipinski definition) is 2. The predicted octanol–water partition coefficient (Wildman–Crippen LogP) is 2.11. The van der Waals surface area contributed by atoms with Gasteiger partial charge in [-0.1, -0.05) is 31.2 Å². The Morgan fingerprint density at radius 2 is 1.87 bits per heavy atom. The van der Waals surface area contributed by atoms with E-state index in [1.54, 1.807) is 14.2 Å². The third-order valence-electron chi connectivity index (χ3n) is 3.63. The predicted molar refractivity (Wildman–Crippen MR) is 109 cm³/mol. The maximum absolute atomic E-state index is 5.07. The molecule has 0 saturated carbocycles. The molecule has 0 amide bonds. The van der Waals surface area contributed by atoms with Crippen LogP contribution in [0.4, 0.5) is 0 Å². The van der Waals surface area contributed by atoms with Gasteiger partial charge in [0.2, 0.25) is 0 Å². The largest absolute Gasteiger partial charge is 0.383 e. The molecule has 0 aliphatic heterocycles. The van der Waals surface area contributed by atoms with Gasteiger partial charge in [-0.05, 0) is 24.6 Å². The average Bonchev–Trinajstić information content (AvgIpc) is 2.56. The van der Waals surface area contributed by atoms with Gasteiger partial charge in [0, 0.05) is 40.3 Å². The quantitative estimate of drug-likeness (QED) is 0.355. The van der Waals surface area contributed by atoms with Gasteiger partial charge >= 0.3 is 0 Å². The summed E-state index contributed by atoms with van der Waals surface area (Å²) in [5, 5.41) is 6.71. The number of methoxy groups -OCH3 is 1. The van der Waals surface area contributed by atoms with Crippen molar-refractivity contribution in [3.63, 3.8) is 0 Å². The third kappa shape index (κ3) is 9.12. The fourth-order valence-electron chi connectivity index (χ4n) is 2.20. The Kier molecular flexibility index (Phi) is 13.1. The van der Waals surface area contributed by atoms with Gasteiger partial charge in [-0.15, -0.1) is 24.0 Å². The van der Waals surface area contributed by atoms with Crippen molar-refractivity contribution in [2.75, 3.05) is 47.4 Å². The molecule has 0 radical (unpaired) electrons. The van der Waals surface area contributed by atoms with Gasteiger partial charge < -0.3 is 20.3 Å². The molecule has 1 rings (SSSR count). The lowest BCUT2D eigenvalue weighted by molar-refractivity contribution is 0.162. The fraction of sp³-hybridized carbons (Fsp3) is 0.588. The summed E-state index contributed by atoms with van der Waals surface area (Å²) in [4.78, 5) is 6.50. The summed E-state index contributed by atoms with van der Waals surface area (Å²) in [6, 6.07) is 8.51. The number of aliphatic imine (C=N–C) groups is 1. The van der Waals surface area contributed by atoms with Crippen LogP contribution in [0, 0.1) is 0 Å². The molecule has 0 fully saturated rings. The van der Waals surface area contributed by atoms with Crippen LogP contribution in [0.3, 0.4) is 0 Å². The molecule has 0 spiro atoms. The SMILES string of the molecule is CCc1ccccc1CNC(=NC)NCCN(C)CCOC.I. The Balaban J connectivity index is 0.00000484. The minimum Gasteiger partial charge on any atom is -0.383 e. The standard InChI is InChI=1S/C17H30N4O.HI/c1-5-15-8-6-7-9-16(15)14-20-17(18-2)19-10-11-21(3)12-13-22-4;/h6-9H,5,10-14H2,1-4H3,(H2,18,19,20);1H. The van der Waals surface area contributed by atoms with Crippen LogP contribution in [0.25, 0.3) is 0 Å². The van der Waals surface area contributed by atoms with Gasteiger partial charge in [0.1, 0.15) is 0 Å². The average molecular weight is 434 g/mol. The van der Waals surface area contributed by atoms with E-state index in [1.165, 1.54) is 11.1 Å². The number of likely N-dealkylation sites (N-methyl/N-ethyl adjacent to an activating group) is 1. The zero-order valence-corrected chi connectivity index (χ0v) is 17.1. The maximum Gasteiger partial charge on any atom is 0.191 e. The molecule has 23 heavy (non-hydrogen) atoms.